The molecule has 3 nitrogen and oxygen atoms in total. The third-order valence-electron chi connectivity index (χ3n) is 3.63. The standard InChI is InChI=1S/C19H34O3/c1-3-5-7-9-10-11-12-13-15-17-18(22-19(20)21)16-14-8-6-4-2/h10-11,13,15,18H,3-9,12,14,16-17H2,1-2H3,(H,20,21)/b11-10-,15-13-. The lowest BCUT2D eigenvalue weighted by molar-refractivity contribution is 0.0483. The van der Waals surface area contributed by atoms with Gasteiger partial charge in [0.25, 0.3) is 0 Å². The van der Waals surface area contributed by atoms with E-state index in [1.165, 1.54) is 32.1 Å². The zero-order chi connectivity index (χ0) is 16.5. The summed E-state index contributed by atoms with van der Waals surface area (Å²) in [5.74, 6) is 0. The minimum Gasteiger partial charge on any atom is -0.450 e. The summed E-state index contributed by atoms with van der Waals surface area (Å²) in [6.07, 6.45) is 19.2. The first-order valence-electron chi connectivity index (χ1n) is 8.90. The van der Waals surface area contributed by atoms with Gasteiger partial charge in [-0.25, -0.2) is 4.79 Å². The molecule has 0 aromatic heterocycles. The summed E-state index contributed by atoms with van der Waals surface area (Å²) >= 11 is 0. The molecule has 0 bridgehead atoms. The molecule has 0 fully saturated rings. The van der Waals surface area contributed by atoms with Crippen LogP contribution in [0.5, 0.6) is 0 Å². The molecule has 0 aliphatic heterocycles. The maximum Gasteiger partial charge on any atom is 0.506 e. The highest BCUT2D eigenvalue weighted by Gasteiger charge is 2.11. The van der Waals surface area contributed by atoms with Crippen LogP contribution in [0.25, 0.3) is 0 Å². The third-order valence-corrected chi connectivity index (χ3v) is 3.63. The monoisotopic (exact) mass is 310 g/mol. The van der Waals surface area contributed by atoms with E-state index < -0.39 is 6.16 Å². The largest absolute Gasteiger partial charge is 0.506 e. The fourth-order valence-electron chi connectivity index (χ4n) is 2.32. The molecule has 1 atom stereocenters. The van der Waals surface area contributed by atoms with Crippen molar-refractivity contribution in [3.8, 4) is 0 Å². The van der Waals surface area contributed by atoms with Gasteiger partial charge < -0.3 is 9.84 Å². The molecular weight excluding hydrogens is 276 g/mol. The van der Waals surface area contributed by atoms with Crippen molar-refractivity contribution in [3.63, 3.8) is 0 Å². The van der Waals surface area contributed by atoms with Gasteiger partial charge >= 0.3 is 6.16 Å². The highest BCUT2D eigenvalue weighted by Crippen LogP contribution is 2.12. The Hall–Kier alpha value is -1.25. The van der Waals surface area contributed by atoms with Crippen molar-refractivity contribution in [3.05, 3.63) is 24.3 Å². The molecule has 0 heterocycles. The van der Waals surface area contributed by atoms with Crippen LogP contribution in [0, 0.1) is 0 Å². The van der Waals surface area contributed by atoms with E-state index in [-0.39, 0.29) is 6.10 Å². The number of ether oxygens (including phenoxy) is 1. The Morgan fingerprint density at radius 2 is 1.64 bits per heavy atom. The number of unbranched alkanes of at least 4 members (excludes halogenated alkanes) is 6. The van der Waals surface area contributed by atoms with E-state index in [1.54, 1.807) is 0 Å². The summed E-state index contributed by atoms with van der Waals surface area (Å²) in [6.45, 7) is 4.38. The molecular formula is C19H34O3. The second-order valence-corrected chi connectivity index (χ2v) is 5.77. The quantitative estimate of drug-likeness (QED) is 0.226. The van der Waals surface area contributed by atoms with Crippen LogP contribution in [0.3, 0.4) is 0 Å². The Morgan fingerprint density at radius 3 is 2.32 bits per heavy atom. The average Bonchev–Trinajstić information content (AvgIpc) is 2.49. The number of hydrogen-bond donors (Lipinski definition) is 1. The van der Waals surface area contributed by atoms with E-state index in [0.29, 0.717) is 6.42 Å². The van der Waals surface area contributed by atoms with Crippen LogP contribution >= 0.6 is 0 Å². The molecule has 22 heavy (non-hydrogen) atoms. The lowest BCUT2D eigenvalue weighted by Crippen LogP contribution is -2.16. The lowest BCUT2D eigenvalue weighted by atomic mass is 10.1. The summed E-state index contributed by atoms with van der Waals surface area (Å²) in [4.78, 5) is 10.7. The van der Waals surface area contributed by atoms with E-state index >= 15 is 0 Å². The van der Waals surface area contributed by atoms with Crippen molar-refractivity contribution >= 4 is 6.16 Å². The second kappa shape index (κ2) is 16.1. The van der Waals surface area contributed by atoms with Gasteiger partial charge in [-0.3, -0.25) is 0 Å². The summed E-state index contributed by atoms with van der Waals surface area (Å²) in [5, 5.41) is 8.77. The van der Waals surface area contributed by atoms with Gasteiger partial charge in [-0.15, -0.1) is 0 Å². The van der Waals surface area contributed by atoms with Gasteiger partial charge in [-0.05, 0) is 32.1 Å². The summed E-state index contributed by atoms with van der Waals surface area (Å²) in [5.41, 5.74) is 0. The van der Waals surface area contributed by atoms with E-state index in [1.807, 2.05) is 6.08 Å². The molecule has 0 saturated heterocycles. The number of rotatable bonds is 14. The molecule has 3 heteroatoms. The van der Waals surface area contributed by atoms with Crippen LogP contribution in [-0.4, -0.2) is 17.4 Å². The molecule has 0 amide bonds. The fourth-order valence-corrected chi connectivity index (χ4v) is 2.32. The minimum atomic E-state index is -1.16. The van der Waals surface area contributed by atoms with Gasteiger partial charge in [0, 0.05) is 6.42 Å². The predicted molar refractivity (Wildman–Crippen MR) is 93.3 cm³/mol. The lowest BCUT2D eigenvalue weighted by Gasteiger charge is -2.13. The number of allylic oxidation sites excluding steroid dienone is 3. The molecule has 0 aromatic rings. The fraction of sp³-hybridized carbons (Fsp3) is 0.737. The Morgan fingerprint density at radius 1 is 0.955 bits per heavy atom. The molecule has 0 rings (SSSR count). The average molecular weight is 310 g/mol. The molecule has 0 aromatic carbocycles. The zero-order valence-electron chi connectivity index (χ0n) is 14.4. The Labute approximate surface area is 136 Å². The Balaban J connectivity index is 3.84. The first-order chi connectivity index (χ1) is 10.7. The number of hydrogen-bond acceptors (Lipinski definition) is 2. The first kappa shape index (κ1) is 20.8. The van der Waals surface area contributed by atoms with E-state index in [0.717, 1.165) is 32.1 Å². The van der Waals surface area contributed by atoms with Crippen molar-refractivity contribution in [1.29, 1.82) is 0 Å². The topological polar surface area (TPSA) is 46.5 Å². The molecule has 0 spiro atoms. The van der Waals surface area contributed by atoms with Crippen LogP contribution in [0.4, 0.5) is 4.79 Å². The molecule has 0 saturated carbocycles. The van der Waals surface area contributed by atoms with Gasteiger partial charge in [0.1, 0.15) is 6.10 Å². The minimum absolute atomic E-state index is 0.195. The van der Waals surface area contributed by atoms with E-state index in [4.69, 9.17) is 9.84 Å². The molecule has 128 valence electrons. The number of carboxylic acid groups (broad SMARTS) is 1. The maximum atomic E-state index is 10.7. The van der Waals surface area contributed by atoms with Gasteiger partial charge in [0.2, 0.25) is 0 Å². The first-order valence-corrected chi connectivity index (χ1v) is 8.90. The third kappa shape index (κ3) is 15.1. The van der Waals surface area contributed by atoms with Crippen LogP contribution in [0.15, 0.2) is 24.3 Å². The molecule has 0 aliphatic rings. The van der Waals surface area contributed by atoms with E-state index in [9.17, 15) is 4.79 Å². The van der Waals surface area contributed by atoms with Crippen molar-refractivity contribution < 1.29 is 14.6 Å². The smallest absolute Gasteiger partial charge is 0.450 e. The van der Waals surface area contributed by atoms with Gasteiger partial charge in [-0.1, -0.05) is 70.3 Å². The highest BCUT2D eigenvalue weighted by atomic mass is 16.7. The van der Waals surface area contributed by atoms with Crippen molar-refractivity contribution in [2.45, 2.75) is 90.6 Å². The van der Waals surface area contributed by atoms with Crippen LogP contribution < -0.4 is 0 Å². The van der Waals surface area contributed by atoms with E-state index in [2.05, 4.69) is 32.1 Å². The summed E-state index contributed by atoms with van der Waals surface area (Å²) in [6, 6.07) is 0. The maximum absolute atomic E-state index is 10.7. The Kier molecular flexibility index (Phi) is 15.2. The van der Waals surface area contributed by atoms with Crippen molar-refractivity contribution in [2.24, 2.45) is 0 Å². The number of carbonyl (C=O) groups is 1. The van der Waals surface area contributed by atoms with Crippen LogP contribution in [0.1, 0.15) is 84.5 Å². The summed E-state index contributed by atoms with van der Waals surface area (Å²) in [7, 11) is 0. The summed E-state index contributed by atoms with van der Waals surface area (Å²) < 4.78 is 4.95. The highest BCUT2D eigenvalue weighted by molar-refractivity contribution is 5.57. The van der Waals surface area contributed by atoms with Crippen LogP contribution in [0.2, 0.25) is 0 Å². The predicted octanol–water partition coefficient (Wildman–Crippen LogP) is 6.49. The normalized spacial score (nSPS) is 13.0. The SMILES string of the molecule is CCCCC/C=C\C/C=C\CC(CCCCCC)OC(=O)O. The van der Waals surface area contributed by atoms with Gasteiger partial charge in [0.05, 0.1) is 0 Å². The molecule has 0 aliphatic carbocycles. The van der Waals surface area contributed by atoms with Gasteiger partial charge in [0.15, 0.2) is 0 Å². The Bertz CT molecular complexity index is 308. The second-order valence-electron chi connectivity index (χ2n) is 5.77. The van der Waals surface area contributed by atoms with Crippen molar-refractivity contribution in [2.75, 3.05) is 0 Å². The van der Waals surface area contributed by atoms with Gasteiger partial charge in [-0.2, -0.15) is 0 Å². The molecule has 1 N–H and O–H groups in total. The zero-order valence-corrected chi connectivity index (χ0v) is 14.4. The molecule has 1 unspecified atom stereocenters. The molecule has 0 radical (unpaired) electrons. The van der Waals surface area contributed by atoms with Crippen LogP contribution in [-0.2, 0) is 4.74 Å². The van der Waals surface area contributed by atoms with Crippen molar-refractivity contribution in [1.82, 2.24) is 0 Å².